The molecule has 2 heterocycles. The zero-order valence-corrected chi connectivity index (χ0v) is 11.4. The molecule has 2 atom stereocenters. The van der Waals surface area contributed by atoms with E-state index in [0.717, 1.165) is 43.1 Å². The third-order valence-electron chi connectivity index (χ3n) is 3.72. The van der Waals surface area contributed by atoms with Gasteiger partial charge >= 0.3 is 0 Å². The Morgan fingerprint density at radius 2 is 2.16 bits per heavy atom. The van der Waals surface area contributed by atoms with Crippen molar-refractivity contribution in [3.05, 3.63) is 18.2 Å². The number of benzene rings is 1. The number of fused-ring (bicyclic) bond motifs is 1. The van der Waals surface area contributed by atoms with E-state index in [1.54, 1.807) is 0 Å². The van der Waals surface area contributed by atoms with Gasteiger partial charge in [-0.2, -0.15) is 0 Å². The highest BCUT2D eigenvalue weighted by atomic mass is 16.7. The van der Waals surface area contributed by atoms with E-state index in [2.05, 4.69) is 18.3 Å². The van der Waals surface area contributed by atoms with Gasteiger partial charge in [0.15, 0.2) is 11.5 Å². The quantitative estimate of drug-likeness (QED) is 0.905. The van der Waals surface area contributed by atoms with Gasteiger partial charge in [0.2, 0.25) is 6.79 Å². The van der Waals surface area contributed by atoms with Gasteiger partial charge in [-0.05, 0) is 31.4 Å². The molecule has 1 aromatic rings. The van der Waals surface area contributed by atoms with Crippen LogP contribution in [0.5, 0.6) is 11.5 Å². The van der Waals surface area contributed by atoms with Crippen LogP contribution in [0.3, 0.4) is 0 Å². The SMILES string of the molecule is CCCC1CC(Nc2ccc3c(c2)OCO3)CCO1. The van der Waals surface area contributed by atoms with Crippen molar-refractivity contribution in [2.75, 3.05) is 18.7 Å². The van der Waals surface area contributed by atoms with E-state index in [1.807, 2.05) is 12.1 Å². The lowest BCUT2D eigenvalue weighted by Gasteiger charge is -2.30. The minimum absolute atomic E-state index is 0.328. The third kappa shape index (κ3) is 2.95. The van der Waals surface area contributed by atoms with Crippen molar-refractivity contribution in [1.29, 1.82) is 0 Å². The fraction of sp³-hybridized carbons (Fsp3) is 0.600. The highest BCUT2D eigenvalue weighted by Crippen LogP contribution is 2.35. The van der Waals surface area contributed by atoms with Crippen LogP contribution in [-0.2, 0) is 4.74 Å². The molecule has 0 saturated carbocycles. The second-order valence-corrected chi connectivity index (χ2v) is 5.22. The fourth-order valence-electron chi connectivity index (χ4n) is 2.76. The van der Waals surface area contributed by atoms with Crippen molar-refractivity contribution in [1.82, 2.24) is 0 Å². The third-order valence-corrected chi connectivity index (χ3v) is 3.72. The monoisotopic (exact) mass is 263 g/mol. The Balaban J connectivity index is 1.61. The van der Waals surface area contributed by atoms with E-state index in [1.165, 1.54) is 6.42 Å². The van der Waals surface area contributed by atoms with Gasteiger partial charge in [-0.3, -0.25) is 0 Å². The first-order chi connectivity index (χ1) is 9.35. The Morgan fingerprint density at radius 1 is 1.26 bits per heavy atom. The number of rotatable bonds is 4. The van der Waals surface area contributed by atoms with Gasteiger partial charge in [0.05, 0.1) is 6.10 Å². The van der Waals surface area contributed by atoms with Crippen LogP contribution in [0.1, 0.15) is 32.6 Å². The molecule has 3 rings (SSSR count). The van der Waals surface area contributed by atoms with Gasteiger partial charge < -0.3 is 19.5 Å². The molecule has 1 aromatic carbocycles. The number of hydrogen-bond donors (Lipinski definition) is 1. The van der Waals surface area contributed by atoms with Crippen molar-refractivity contribution < 1.29 is 14.2 Å². The molecule has 2 aliphatic rings. The molecular formula is C15H21NO3. The van der Waals surface area contributed by atoms with E-state index < -0.39 is 0 Å². The van der Waals surface area contributed by atoms with Crippen molar-refractivity contribution in [3.8, 4) is 11.5 Å². The Kier molecular flexibility index (Phi) is 3.78. The van der Waals surface area contributed by atoms with Crippen LogP contribution in [-0.4, -0.2) is 25.5 Å². The molecule has 0 aromatic heterocycles. The van der Waals surface area contributed by atoms with Crippen molar-refractivity contribution in [3.63, 3.8) is 0 Å². The van der Waals surface area contributed by atoms with Gasteiger partial charge in [0.25, 0.3) is 0 Å². The summed E-state index contributed by atoms with van der Waals surface area (Å²) >= 11 is 0. The van der Waals surface area contributed by atoms with E-state index >= 15 is 0 Å². The Labute approximate surface area is 114 Å². The molecule has 2 unspecified atom stereocenters. The topological polar surface area (TPSA) is 39.7 Å². The van der Waals surface area contributed by atoms with E-state index in [-0.39, 0.29) is 0 Å². The molecule has 2 aliphatic heterocycles. The maximum atomic E-state index is 5.78. The summed E-state index contributed by atoms with van der Waals surface area (Å²) in [5.74, 6) is 1.67. The van der Waals surface area contributed by atoms with Gasteiger partial charge in [-0.25, -0.2) is 0 Å². The molecule has 4 heteroatoms. The summed E-state index contributed by atoms with van der Waals surface area (Å²) in [7, 11) is 0. The average Bonchev–Trinajstić information content (AvgIpc) is 2.87. The summed E-state index contributed by atoms with van der Waals surface area (Å²) in [4.78, 5) is 0. The molecule has 0 amide bonds. The lowest BCUT2D eigenvalue weighted by Crippen LogP contribution is -2.33. The fourth-order valence-corrected chi connectivity index (χ4v) is 2.76. The number of nitrogens with one attached hydrogen (secondary N) is 1. The Morgan fingerprint density at radius 3 is 3.05 bits per heavy atom. The van der Waals surface area contributed by atoms with Crippen LogP contribution >= 0.6 is 0 Å². The lowest BCUT2D eigenvalue weighted by atomic mass is 10.00. The second kappa shape index (κ2) is 5.70. The summed E-state index contributed by atoms with van der Waals surface area (Å²) in [5.41, 5.74) is 1.10. The van der Waals surface area contributed by atoms with Gasteiger partial charge in [-0.1, -0.05) is 13.3 Å². The maximum Gasteiger partial charge on any atom is 0.231 e. The molecule has 1 saturated heterocycles. The van der Waals surface area contributed by atoms with Crippen molar-refractivity contribution in [2.45, 2.75) is 44.8 Å². The number of ether oxygens (including phenoxy) is 3. The Bertz CT molecular complexity index is 433. The van der Waals surface area contributed by atoms with Crippen LogP contribution in [0.2, 0.25) is 0 Å². The first-order valence-corrected chi connectivity index (χ1v) is 7.13. The highest BCUT2D eigenvalue weighted by molar-refractivity contribution is 5.56. The first-order valence-electron chi connectivity index (χ1n) is 7.13. The zero-order valence-electron chi connectivity index (χ0n) is 11.4. The lowest BCUT2D eigenvalue weighted by molar-refractivity contribution is 0.00598. The molecule has 1 N–H and O–H groups in total. The van der Waals surface area contributed by atoms with Crippen molar-refractivity contribution >= 4 is 5.69 Å². The summed E-state index contributed by atoms with van der Waals surface area (Å²) in [6, 6.07) is 6.53. The first kappa shape index (κ1) is 12.6. The molecule has 0 spiro atoms. The summed E-state index contributed by atoms with van der Waals surface area (Å²) < 4.78 is 16.5. The van der Waals surface area contributed by atoms with Crippen LogP contribution < -0.4 is 14.8 Å². The van der Waals surface area contributed by atoms with Crippen LogP contribution in [0.25, 0.3) is 0 Å². The summed E-state index contributed by atoms with van der Waals surface area (Å²) in [5, 5.41) is 3.58. The molecule has 0 radical (unpaired) electrons. The largest absolute Gasteiger partial charge is 0.454 e. The Hall–Kier alpha value is -1.42. The zero-order chi connectivity index (χ0) is 13.1. The van der Waals surface area contributed by atoms with Gasteiger partial charge in [-0.15, -0.1) is 0 Å². The van der Waals surface area contributed by atoms with Gasteiger partial charge in [0, 0.05) is 24.4 Å². The highest BCUT2D eigenvalue weighted by Gasteiger charge is 2.22. The molecule has 104 valence electrons. The minimum Gasteiger partial charge on any atom is -0.454 e. The molecule has 19 heavy (non-hydrogen) atoms. The number of anilines is 1. The molecule has 1 fully saturated rings. The van der Waals surface area contributed by atoms with Crippen molar-refractivity contribution in [2.24, 2.45) is 0 Å². The van der Waals surface area contributed by atoms with Crippen LogP contribution in [0, 0.1) is 0 Å². The summed E-state index contributed by atoms with van der Waals surface area (Å²) in [6.45, 7) is 3.39. The smallest absolute Gasteiger partial charge is 0.231 e. The minimum atomic E-state index is 0.328. The standard InChI is InChI=1S/C15H21NO3/c1-2-3-13-8-12(6-7-17-13)16-11-4-5-14-15(9-11)19-10-18-14/h4-5,9,12-13,16H,2-3,6-8,10H2,1H3. The van der Waals surface area contributed by atoms with E-state index in [4.69, 9.17) is 14.2 Å². The predicted octanol–water partition coefficient (Wildman–Crippen LogP) is 3.17. The van der Waals surface area contributed by atoms with E-state index in [0.29, 0.717) is 18.9 Å². The number of hydrogen-bond acceptors (Lipinski definition) is 4. The predicted molar refractivity (Wildman–Crippen MR) is 73.9 cm³/mol. The maximum absolute atomic E-state index is 5.78. The van der Waals surface area contributed by atoms with Gasteiger partial charge in [0.1, 0.15) is 0 Å². The van der Waals surface area contributed by atoms with Crippen LogP contribution in [0.4, 0.5) is 5.69 Å². The second-order valence-electron chi connectivity index (χ2n) is 5.22. The summed E-state index contributed by atoms with van der Waals surface area (Å²) in [6.07, 6.45) is 4.89. The van der Waals surface area contributed by atoms with Crippen LogP contribution in [0.15, 0.2) is 18.2 Å². The molecule has 4 nitrogen and oxygen atoms in total. The molecule has 0 bridgehead atoms. The molecule has 0 aliphatic carbocycles. The van der Waals surface area contributed by atoms with E-state index in [9.17, 15) is 0 Å². The normalized spacial score (nSPS) is 25.3. The molecular weight excluding hydrogens is 242 g/mol. The average molecular weight is 263 g/mol.